The molecule has 0 amide bonds. The molecule has 5 heteroatoms. The van der Waals surface area contributed by atoms with E-state index in [0.29, 0.717) is 0 Å². The summed E-state index contributed by atoms with van der Waals surface area (Å²) < 4.78 is 5.86. The SMILES string of the molecule is CS(C)(C)NS(C)(C)n1ccnc1. The van der Waals surface area contributed by atoms with E-state index in [1.807, 2.05) is 18.7 Å². The van der Waals surface area contributed by atoms with Gasteiger partial charge in [0.2, 0.25) is 0 Å². The predicted molar refractivity (Wildman–Crippen MR) is 65.6 cm³/mol. The van der Waals surface area contributed by atoms with Crippen LogP contribution in [0.5, 0.6) is 0 Å². The first-order valence-electron chi connectivity index (χ1n) is 4.00. The Hall–Kier alpha value is -0.130. The molecule has 0 atom stereocenters. The summed E-state index contributed by atoms with van der Waals surface area (Å²) in [5.74, 6) is 0. The molecule has 1 rings (SSSR count). The van der Waals surface area contributed by atoms with Gasteiger partial charge in [-0.3, -0.25) is 3.97 Å². The smallest absolute Gasteiger partial charge is 0.104 e. The van der Waals surface area contributed by atoms with Crippen LogP contribution in [0.1, 0.15) is 0 Å². The lowest BCUT2D eigenvalue weighted by molar-refractivity contribution is 1.19. The van der Waals surface area contributed by atoms with Crippen molar-refractivity contribution in [2.45, 2.75) is 0 Å². The summed E-state index contributed by atoms with van der Waals surface area (Å²) >= 11 is 0. The van der Waals surface area contributed by atoms with Crippen LogP contribution in [-0.2, 0) is 0 Å². The van der Waals surface area contributed by atoms with Crippen molar-refractivity contribution < 1.29 is 0 Å². The van der Waals surface area contributed by atoms with Crippen molar-refractivity contribution in [2.75, 3.05) is 31.3 Å². The third kappa shape index (κ3) is 3.25. The van der Waals surface area contributed by atoms with Crippen LogP contribution < -0.4 is 4.13 Å². The van der Waals surface area contributed by atoms with Crippen molar-refractivity contribution in [1.82, 2.24) is 13.1 Å². The van der Waals surface area contributed by atoms with Gasteiger partial charge in [-0.2, -0.15) is 10.2 Å². The minimum Gasteiger partial charge on any atom is -0.287 e. The average Bonchev–Trinajstić information content (AvgIpc) is 2.29. The minimum atomic E-state index is -0.933. The predicted octanol–water partition coefficient (Wildman–Crippen LogP) is 1.82. The van der Waals surface area contributed by atoms with Gasteiger partial charge in [-0.25, -0.2) is 9.11 Å². The summed E-state index contributed by atoms with van der Waals surface area (Å²) in [6, 6.07) is 0. The Balaban J connectivity index is 2.78. The minimum absolute atomic E-state index is 0.669. The molecule has 0 radical (unpaired) electrons. The lowest BCUT2D eigenvalue weighted by atomic mass is 11.0. The number of imidazole rings is 1. The van der Waals surface area contributed by atoms with Crippen molar-refractivity contribution in [1.29, 1.82) is 0 Å². The molecular weight excluding hydrogens is 202 g/mol. The zero-order chi connectivity index (χ0) is 10.1. The number of rotatable bonds is 3. The maximum absolute atomic E-state index is 4.07. The van der Waals surface area contributed by atoms with Gasteiger partial charge in [0.1, 0.15) is 6.33 Å². The Bertz CT molecular complexity index is 261. The van der Waals surface area contributed by atoms with E-state index in [1.54, 1.807) is 0 Å². The van der Waals surface area contributed by atoms with Gasteiger partial charge < -0.3 is 0 Å². The lowest BCUT2D eigenvalue weighted by Crippen LogP contribution is -2.25. The van der Waals surface area contributed by atoms with Crippen molar-refractivity contribution in [2.24, 2.45) is 0 Å². The molecule has 0 unspecified atom stereocenters. The van der Waals surface area contributed by atoms with Gasteiger partial charge in [0, 0.05) is 12.4 Å². The van der Waals surface area contributed by atoms with E-state index < -0.39 is 20.6 Å². The summed E-state index contributed by atoms with van der Waals surface area (Å²) in [6.07, 6.45) is 17.0. The van der Waals surface area contributed by atoms with Crippen LogP contribution >= 0.6 is 20.6 Å². The molecular formula is C8H19N3S2. The molecule has 0 aliphatic heterocycles. The topological polar surface area (TPSA) is 29.9 Å². The molecule has 0 aromatic carbocycles. The fourth-order valence-corrected chi connectivity index (χ4v) is 7.06. The molecule has 0 aliphatic rings. The van der Waals surface area contributed by atoms with Crippen LogP contribution in [0.3, 0.4) is 0 Å². The Kier molecular flexibility index (Phi) is 2.99. The third-order valence-corrected chi connectivity index (χ3v) is 6.36. The summed E-state index contributed by atoms with van der Waals surface area (Å²) in [5.41, 5.74) is 0. The maximum atomic E-state index is 4.07. The molecule has 0 spiro atoms. The summed E-state index contributed by atoms with van der Waals surface area (Å²) in [4.78, 5) is 4.07. The van der Waals surface area contributed by atoms with Crippen molar-refractivity contribution in [3.63, 3.8) is 0 Å². The second kappa shape index (κ2) is 3.55. The molecule has 0 bridgehead atoms. The zero-order valence-electron chi connectivity index (χ0n) is 8.94. The van der Waals surface area contributed by atoms with Crippen molar-refractivity contribution >= 4 is 20.6 Å². The van der Waals surface area contributed by atoms with Crippen LogP contribution in [0.2, 0.25) is 0 Å². The highest BCUT2D eigenvalue weighted by molar-refractivity contribution is 8.44. The van der Waals surface area contributed by atoms with Gasteiger partial charge in [0.15, 0.2) is 0 Å². The highest BCUT2D eigenvalue weighted by atomic mass is 32.3. The Labute approximate surface area is 84.0 Å². The number of hydrogen-bond donors (Lipinski definition) is 1. The fraction of sp³-hybridized carbons (Fsp3) is 0.625. The van der Waals surface area contributed by atoms with Crippen molar-refractivity contribution in [3.05, 3.63) is 18.7 Å². The van der Waals surface area contributed by atoms with Crippen LogP contribution in [-0.4, -0.2) is 40.2 Å². The molecule has 1 aromatic heterocycles. The van der Waals surface area contributed by atoms with Crippen LogP contribution in [0.25, 0.3) is 0 Å². The Morgan fingerprint density at radius 2 is 1.77 bits per heavy atom. The van der Waals surface area contributed by atoms with E-state index in [2.05, 4.69) is 44.4 Å². The fourth-order valence-electron chi connectivity index (χ4n) is 1.17. The normalized spacial score (nSPS) is 15.8. The molecule has 0 aliphatic carbocycles. The molecule has 1 N–H and O–H groups in total. The molecule has 1 heterocycles. The molecule has 1 aromatic rings. The first-order valence-corrected chi connectivity index (χ1v) is 9.26. The number of nitrogens with one attached hydrogen (secondary N) is 1. The zero-order valence-corrected chi connectivity index (χ0v) is 10.6. The second-order valence-electron chi connectivity index (χ2n) is 4.12. The van der Waals surface area contributed by atoms with Gasteiger partial charge >= 0.3 is 0 Å². The number of nitrogens with zero attached hydrogens (tertiary/aromatic N) is 2. The quantitative estimate of drug-likeness (QED) is 0.844. The highest BCUT2D eigenvalue weighted by Gasteiger charge is 2.17. The molecule has 0 fully saturated rings. The molecule has 13 heavy (non-hydrogen) atoms. The monoisotopic (exact) mass is 221 g/mol. The largest absolute Gasteiger partial charge is 0.287 e. The van der Waals surface area contributed by atoms with E-state index >= 15 is 0 Å². The standard InChI is InChI=1S/C8H19N3S2/c1-12(2,3)10-13(4,5)11-7-6-9-8-11/h6-8,10H,1-5H3. The van der Waals surface area contributed by atoms with Crippen LogP contribution in [0, 0.1) is 0 Å². The van der Waals surface area contributed by atoms with Crippen LogP contribution in [0.15, 0.2) is 18.7 Å². The van der Waals surface area contributed by atoms with Crippen molar-refractivity contribution in [3.8, 4) is 0 Å². The van der Waals surface area contributed by atoms with Gasteiger partial charge in [0.25, 0.3) is 0 Å². The van der Waals surface area contributed by atoms with E-state index in [-0.39, 0.29) is 0 Å². The molecule has 78 valence electrons. The van der Waals surface area contributed by atoms with E-state index in [4.69, 9.17) is 0 Å². The maximum Gasteiger partial charge on any atom is 0.104 e. The lowest BCUT2D eigenvalue weighted by Gasteiger charge is -2.42. The Morgan fingerprint density at radius 1 is 1.15 bits per heavy atom. The summed E-state index contributed by atoms with van der Waals surface area (Å²) in [5, 5.41) is 0. The molecule has 0 saturated carbocycles. The Morgan fingerprint density at radius 3 is 2.15 bits per heavy atom. The van der Waals surface area contributed by atoms with Gasteiger partial charge in [-0.1, -0.05) is 0 Å². The van der Waals surface area contributed by atoms with E-state index in [1.165, 1.54) is 0 Å². The van der Waals surface area contributed by atoms with Crippen LogP contribution in [0.4, 0.5) is 0 Å². The number of hydrogen-bond acceptors (Lipinski definition) is 2. The molecule has 3 nitrogen and oxygen atoms in total. The highest BCUT2D eigenvalue weighted by Crippen LogP contribution is 2.47. The second-order valence-corrected chi connectivity index (χ2v) is 11.4. The summed E-state index contributed by atoms with van der Waals surface area (Å²) in [7, 11) is -1.60. The van der Waals surface area contributed by atoms with E-state index in [0.717, 1.165) is 0 Å². The van der Waals surface area contributed by atoms with E-state index in [9.17, 15) is 0 Å². The third-order valence-electron chi connectivity index (χ3n) is 1.46. The summed E-state index contributed by atoms with van der Waals surface area (Å²) in [6.45, 7) is 0. The first kappa shape index (κ1) is 10.9. The number of aromatic nitrogens is 2. The van der Waals surface area contributed by atoms with Gasteiger partial charge in [-0.05, 0) is 31.3 Å². The van der Waals surface area contributed by atoms with Gasteiger partial charge in [-0.15, -0.1) is 10.4 Å². The average molecular weight is 221 g/mol. The molecule has 0 saturated heterocycles. The first-order chi connectivity index (χ1) is 5.81. The van der Waals surface area contributed by atoms with Gasteiger partial charge in [0.05, 0.1) is 0 Å².